The Morgan fingerprint density at radius 3 is 2.32 bits per heavy atom. The van der Waals surface area contributed by atoms with E-state index in [0.29, 0.717) is 11.4 Å². The molecule has 0 N–H and O–H groups in total. The van der Waals surface area contributed by atoms with Gasteiger partial charge in [-0.3, -0.25) is 14.6 Å². The second-order valence-corrected chi connectivity index (χ2v) is 5.84. The van der Waals surface area contributed by atoms with Crippen molar-refractivity contribution in [2.75, 3.05) is 0 Å². The molecule has 1 unspecified atom stereocenters. The summed E-state index contributed by atoms with van der Waals surface area (Å²) in [6.45, 7) is 1.88. The molecule has 0 saturated heterocycles. The molecule has 0 bridgehead atoms. The summed E-state index contributed by atoms with van der Waals surface area (Å²) in [6, 6.07) is 10.8. The van der Waals surface area contributed by atoms with Crippen molar-refractivity contribution in [3.05, 3.63) is 69.5 Å². The predicted octanol–water partition coefficient (Wildman–Crippen LogP) is 2.57. The molecule has 164 valence electrons. The van der Waals surface area contributed by atoms with Crippen LogP contribution in [0.3, 0.4) is 0 Å². The number of nitrogens with zero attached hydrogens (tertiary/aromatic N) is 2. The molecule has 0 fully saturated rings. The first-order chi connectivity index (χ1) is 14.7. The summed E-state index contributed by atoms with van der Waals surface area (Å²) >= 11 is 0. The standard InChI is InChI=1S/C19H18N2O10/c1-12(22)29-17-9-4-3-8-16(17)18(23)27-10-14-6-5-7-15(20-14)11-28-19(24)30-13(2)31-21(25)26/h3-9,13H,10-11H2,1-2H3. The van der Waals surface area contributed by atoms with Crippen molar-refractivity contribution in [3.63, 3.8) is 0 Å². The molecular formula is C19H18N2O10. The fraction of sp³-hybridized carbons (Fsp3) is 0.263. The lowest BCUT2D eigenvalue weighted by molar-refractivity contribution is -0.777. The number of benzene rings is 1. The van der Waals surface area contributed by atoms with Crippen LogP contribution in [0.25, 0.3) is 0 Å². The lowest BCUT2D eigenvalue weighted by atomic mass is 10.2. The highest BCUT2D eigenvalue weighted by molar-refractivity contribution is 5.93. The van der Waals surface area contributed by atoms with Gasteiger partial charge in [-0.15, -0.1) is 10.1 Å². The number of hydrogen-bond donors (Lipinski definition) is 0. The molecule has 1 heterocycles. The van der Waals surface area contributed by atoms with Crippen LogP contribution in [0, 0.1) is 10.1 Å². The zero-order valence-corrected chi connectivity index (χ0v) is 16.5. The molecule has 0 aliphatic rings. The summed E-state index contributed by atoms with van der Waals surface area (Å²) in [5.74, 6) is -1.22. The zero-order valence-electron chi connectivity index (χ0n) is 16.5. The maximum absolute atomic E-state index is 12.3. The summed E-state index contributed by atoms with van der Waals surface area (Å²) in [5.41, 5.74) is 0.748. The van der Waals surface area contributed by atoms with Crippen LogP contribution >= 0.6 is 0 Å². The molecule has 0 aliphatic heterocycles. The molecule has 1 atom stereocenters. The van der Waals surface area contributed by atoms with E-state index >= 15 is 0 Å². The van der Waals surface area contributed by atoms with Crippen LogP contribution in [0.1, 0.15) is 35.6 Å². The quantitative estimate of drug-likeness (QED) is 0.188. The van der Waals surface area contributed by atoms with Crippen LogP contribution in [0.2, 0.25) is 0 Å². The fourth-order valence-corrected chi connectivity index (χ4v) is 2.23. The van der Waals surface area contributed by atoms with Gasteiger partial charge in [0.2, 0.25) is 6.29 Å². The Labute approximate surface area is 175 Å². The number of para-hydroxylation sites is 1. The topological polar surface area (TPSA) is 153 Å². The summed E-state index contributed by atoms with van der Waals surface area (Å²) in [7, 11) is 0. The van der Waals surface area contributed by atoms with Crippen LogP contribution in [0.5, 0.6) is 5.75 Å². The third kappa shape index (κ3) is 7.97. The van der Waals surface area contributed by atoms with E-state index in [4.69, 9.17) is 14.2 Å². The van der Waals surface area contributed by atoms with E-state index < -0.39 is 29.5 Å². The van der Waals surface area contributed by atoms with E-state index in [9.17, 15) is 24.5 Å². The molecule has 12 heteroatoms. The predicted molar refractivity (Wildman–Crippen MR) is 99.9 cm³/mol. The zero-order chi connectivity index (χ0) is 22.8. The number of aromatic nitrogens is 1. The van der Waals surface area contributed by atoms with Crippen molar-refractivity contribution in [1.82, 2.24) is 4.98 Å². The lowest BCUT2D eigenvalue weighted by Crippen LogP contribution is -2.21. The van der Waals surface area contributed by atoms with Crippen molar-refractivity contribution in [3.8, 4) is 5.75 Å². The smallest absolute Gasteiger partial charge is 0.455 e. The number of esters is 2. The SMILES string of the molecule is CC(=O)Oc1ccccc1C(=O)OCc1cccc(COC(=O)OC(C)O[N+](=O)[O-])n1. The Bertz CT molecular complexity index is 962. The Balaban J connectivity index is 1.90. The monoisotopic (exact) mass is 434 g/mol. The second-order valence-electron chi connectivity index (χ2n) is 5.84. The van der Waals surface area contributed by atoms with E-state index in [0.717, 1.165) is 6.92 Å². The van der Waals surface area contributed by atoms with Crippen molar-refractivity contribution in [1.29, 1.82) is 0 Å². The average molecular weight is 434 g/mol. The van der Waals surface area contributed by atoms with Crippen LogP contribution in [0.15, 0.2) is 42.5 Å². The van der Waals surface area contributed by atoms with E-state index in [1.165, 1.54) is 19.1 Å². The molecule has 2 rings (SSSR count). The minimum atomic E-state index is -1.43. The van der Waals surface area contributed by atoms with Gasteiger partial charge in [0.1, 0.15) is 24.5 Å². The van der Waals surface area contributed by atoms with Gasteiger partial charge >= 0.3 is 18.1 Å². The van der Waals surface area contributed by atoms with E-state index in [1.54, 1.807) is 30.3 Å². The van der Waals surface area contributed by atoms with Gasteiger partial charge < -0.3 is 18.9 Å². The summed E-state index contributed by atoms with van der Waals surface area (Å²) < 4.78 is 19.5. The molecule has 2 aromatic rings. The van der Waals surface area contributed by atoms with Crippen molar-refractivity contribution < 1.29 is 43.3 Å². The number of rotatable bonds is 9. The molecule has 31 heavy (non-hydrogen) atoms. The van der Waals surface area contributed by atoms with Gasteiger partial charge in [0.15, 0.2) is 0 Å². The first kappa shape index (κ1) is 23.1. The van der Waals surface area contributed by atoms with Gasteiger partial charge in [-0.2, -0.15) is 0 Å². The maximum atomic E-state index is 12.3. The molecule has 0 amide bonds. The van der Waals surface area contributed by atoms with Gasteiger partial charge in [0.05, 0.1) is 11.4 Å². The van der Waals surface area contributed by atoms with Crippen LogP contribution in [-0.2, 0) is 37.1 Å². The maximum Gasteiger partial charge on any atom is 0.510 e. The normalized spacial score (nSPS) is 11.0. The van der Waals surface area contributed by atoms with Gasteiger partial charge in [-0.1, -0.05) is 18.2 Å². The number of carbonyl (C=O) groups is 3. The first-order valence-electron chi connectivity index (χ1n) is 8.78. The van der Waals surface area contributed by atoms with Crippen LogP contribution in [0.4, 0.5) is 4.79 Å². The Morgan fingerprint density at radius 2 is 1.68 bits per heavy atom. The summed E-state index contributed by atoms with van der Waals surface area (Å²) in [4.78, 5) is 53.3. The van der Waals surface area contributed by atoms with Gasteiger partial charge in [-0.05, 0) is 31.2 Å². The number of pyridine rings is 1. The average Bonchev–Trinajstić information content (AvgIpc) is 2.70. The van der Waals surface area contributed by atoms with Gasteiger partial charge in [-0.25, -0.2) is 9.59 Å². The van der Waals surface area contributed by atoms with Gasteiger partial charge in [0, 0.05) is 6.92 Å². The number of ether oxygens (including phenoxy) is 4. The van der Waals surface area contributed by atoms with Crippen molar-refractivity contribution >= 4 is 18.1 Å². The number of hydrogen-bond acceptors (Lipinski definition) is 11. The minimum absolute atomic E-state index is 0.0731. The number of carbonyl (C=O) groups excluding carboxylic acids is 3. The highest BCUT2D eigenvalue weighted by Crippen LogP contribution is 2.19. The highest BCUT2D eigenvalue weighted by Gasteiger charge is 2.16. The molecule has 0 radical (unpaired) electrons. The highest BCUT2D eigenvalue weighted by atomic mass is 17.0. The summed E-state index contributed by atoms with van der Waals surface area (Å²) in [6.07, 6.45) is -2.62. The molecule has 1 aromatic heterocycles. The molecule has 0 spiro atoms. The fourth-order valence-electron chi connectivity index (χ4n) is 2.23. The first-order valence-corrected chi connectivity index (χ1v) is 8.78. The lowest BCUT2D eigenvalue weighted by Gasteiger charge is -2.11. The van der Waals surface area contributed by atoms with Gasteiger partial charge in [0.25, 0.3) is 5.09 Å². The largest absolute Gasteiger partial charge is 0.510 e. The third-order valence-electron chi connectivity index (χ3n) is 3.41. The van der Waals surface area contributed by atoms with E-state index in [2.05, 4.69) is 14.6 Å². The summed E-state index contributed by atoms with van der Waals surface area (Å²) in [5, 5.41) is 9.05. The third-order valence-corrected chi connectivity index (χ3v) is 3.41. The van der Waals surface area contributed by atoms with Crippen molar-refractivity contribution in [2.24, 2.45) is 0 Å². The Hall–Kier alpha value is -4.22. The van der Waals surface area contributed by atoms with Crippen LogP contribution in [-0.4, -0.2) is 34.5 Å². The minimum Gasteiger partial charge on any atom is -0.455 e. The van der Waals surface area contributed by atoms with E-state index in [1.807, 2.05) is 0 Å². The van der Waals surface area contributed by atoms with Crippen LogP contribution < -0.4 is 4.74 Å². The Kier molecular flexibility index (Phi) is 8.25. The molecule has 1 aromatic carbocycles. The Morgan fingerprint density at radius 1 is 1.03 bits per heavy atom. The van der Waals surface area contributed by atoms with E-state index in [-0.39, 0.29) is 24.5 Å². The molecule has 0 saturated carbocycles. The van der Waals surface area contributed by atoms with Crippen molar-refractivity contribution in [2.45, 2.75) is 33.4 Å². The molecule has 0 aliphatic carbocycles. The molecular weight excluding hydrogens is 416 g/mol. The molecule has 12 nitrogen and oxygen atoms in total. The second kappa shape index (κ2) is 11.1.